The largest absolute Gasteiger partial charge is 0.321 e. The van der Waals surface area contributed by atoms with Crippen molar-refractivity contribution in [3.8, 4) is 0 Å². The number of anilines is 1. The molecule has 3 aromatic heterocycles. The molecule has 0 bridgehead atoms. The quantitative estimate of drug-likeness (QED) is 0.575. The van der Waals surface area contributed by atoms with E-state index in [-0.39, 0.29) is 5.91 Å². The maximum absolute atomic E-state index is 12.4. The molecule has 0 saturated carbocycles. The second kappa shape index (κ2) is 6.48. The third-order valence-electron chi connectivity index (χ3n) is 3.60. The SMILES string of the molecule is O=C(Nc1cccc(Cn2cc(Br)cn2)c1)c1cc2ncccn2n1. The summed E-state index contributed by atoms with van der Waals surface area (Å²) in [5.41, 5.74) is 2.69. The van der Waals surface area contributed by atoms with Crippen LogP contribution in [0.3, 0.4) is 0 Å². The summed E-state index contributed by atoms with van der Waals surface area (Å²) in [6, 6.07) is 11.1. The third kappa shape index (κ3) is 3.43. The first-order valence-electron chi connectivity index (χ1n) is 7.56. The van der Waals surface area contributed by atoms with Crippen LogP contribution in [0.2, 0.25) is 0 Å². The summed E-state index contributed by atoms with van der Waals surface area (Å²) in [7, 11) is 0. The molecule has 0 atom stereocenters. The van der Waals surface area contributed by atoms with E-state index in [9.17, 15) is 4.79 Å². The van der Waals surface area contributed by atoms with Crippen molar-refractivity contribution in [1.82, 2.24) is 24.4 Å². The van der Waals surface area contributed by atoms with Crippen LogP contribution in [0.1, 0.15) is 16.1 Å². The number of hydrogen-bond donors (Lipinski definition) is 1. The highest BCUT2D eigenvalue weighted by atomic mass is 79.9. The molecule has 0 aliphatic heterocycles. The van der Waals surface area contributed by atoms with Crippen molar-refractivity contribution in [3.05, 3.63) is 76.9 Å². The van der Waals surface area contributed by atoms with Gasteiger partial charge in [-0.25, -0.2) is 9.50 Å². The second-order valence-corrected chi connectivity index (χ2v) is 6.38. The van der Waals surface area contributed by atoms with Gasteiger partial charge in [0.15, 0.2) is 11.3 Å². The standard InChI is InChI=1S/C17H13BrN6O/c18-13-9-20-23(11-13)10-12-3-1-4-14(7-12)21-17(25)15-8-16-19-5-2-6-24(16)22-15/h1-9,11H,10H2,(H,21,25). The normalized spacial score (nSPS) is 10.9. The molecular formula is C17H13BrN6O. The topological polar surface area (TPSA) is 77.1 Å². The van der Waals surface area contributed by atoms with Gasteiger partial charge in [0, 0.05) is 30.3 Å². The Bertz CT molecular complexity index is 1020. The predicted molar refractivity (Wildman–Crippen MR) is 96.4 cm³/mol. The Kier molecular flexibility index (Phi) is 4.02. The molecule has 0 fully saturated rings. The molecule has 0 spiro atoms. The lowest BCUT2D eigenvalue weighted by molar-refractivity contribution is 0.102. The van der Waals surface area contributed by atoms with Crippen LogP contribution >= 0.6 is 15.9 Å². The molecule has 124 valence electrons. The molecule has 4 aromatic rings. The number of nitrogens with one attached hydrogen (secondary N) is 1. The monoisotopic (exact) mass is 396 g/mol. The van der Waals surface area contributed by atoms with Gasteiger partial charge in [-0.3, -0.25) is 9.48 Å². The number of nitrogens with zero attached hydrogens (tertiary/aromatic N) is 5. The van der Waals surface area contributed by atoms with E-state index in [2.05, 4.69) is 36.4 Å². The summed E-state index contributed by atoms with van der Waals surface area (Å²) < 4.78 is 4.32. The fourth-order valence-electron chi connectivity index (χ4n) is 2.50. The number of carbonyl (C=O) groups is 1. The zero-order valence-corrected chi connectivity index (χ0v) is 14.6. The van der Waals surface area contributed by atoms with Crippen LogP contribution < -0.4 is 5.32 Å². The van der Waals surface area contributed by atoms with Crippen LogP contribution in [0.15, 0.2) is 65.7 Å². The van der Waals surface area contributed by atoms with Crippen molar-refractivity contribution in [2.24, 2.45) is 0 Å². The van der Waals surface area contributed by atoms with E-state index in [0.29, 0.717) is 23.6 Å². The fraction of sp³-hybridized carbons (Fsp3) is 0.0588. The van der Waals surface area contributed by atoms with Crippen LogP contribution in [-0.4, -0.2) is 30.3 Å². The van der Waals surface area contributed by atoms with Crippen molar-refractivity contribution in [3.63, 3.8) is 0 Å². The highest BCUT2D eigenvalue weighted by Crippen LogP contribution is 2.15. The van der Waals surface area contributed by atoms with Gasteiger partial charge in [-0.1, -0.05) is 12.1 Å². The smallest absolute Gasteiger partial charge is 0.276 e. The van der Waals surface area contributed by atoms with E-state index in [1.807, 2.05) is 35.1 Å². The second-order valence-electron chi connectivity index (χ2n) is 5.46. The number of amides is 1. The van der Waals surface area contributed by atoms with Crippen LogP contribution in [-0.2, 0) is 6.54 Å². The van der Waals surface area contributed by atoms with E-state index >= 15 is 0 Å². The van der Waals surface area contributed by atoms with Gasteiger partial charge in [-0.2, -0.15) is 10.2 Å². The van der Waals surface area contributed by atoms with Gasteiger partial charge in [0.1, 0.15) is 0 Å². The number of benzene rings is 1. The molecule has 1 amide bonds. The van der Waals surface area contributed by atoms with Gasteiger partial charge in [-0.15, -0.1) is 0 Å². The Morgan fingerprint density at radius 3 is 2.96 bits per heavy atom. The van der Waals surface area contributed by atoms with Crippen LogP contribution in [0.25, 0.3) is 5.65 Å². The first kappa shape index (κ1) is 15.5. The number of fused-ring (bicyclic) bond motifs is 1. The Morgan fingerprint density at radius 1 is 1.24 bits per heavy atom. The molecule has 0 saturated heterocycles. The lowest BCUT2D eigenvalue weighted by Crippen LogP contribution is -2.13. The summed E-state index contributed by atoms with van der Waals surface area (Å²) in [6.07, 6.45) is 7.05. The lowest BCUT2D eigenvalue weighted by atomic mass is 10.2. The predicted octanol–water partition coefficient (Wildman–Crippen LogP) is 2.99. The van der Waals surface area contributed by atoms with Gasteiger partial charge < -0.3 is 5.32 Å². The minimum atomic E-state index is -0.274. The Morgan fingerprint density at radius 2 is 2.16 bits per heavy atom. The van der Waals surface area contributed by atoms with E-state index in [1.54, 1.807) is 35.2 Å². The molecular weight excluding hydrogens is 384 g/mol. The van der Waals surface area contributed by atoms with E-state index in [0.717, 1.165) is 10.0 Å². The molecule has 4 rings (SSSR count). The number of rotatable bonds is 4. The maximum atomic E-state index is 12.4. The fourth-order valence-corrected chi connectivity index (χ4v) is 2.82. The third-order valence-corrected chi connectivity index (χ3v) is 4.01. The lowest BCUT2D eigenvalue weighted by Gasteiger charge is -2.06. The summed E-state index contributed by atoms with van der Waals surface area (Å²) in [6.45, 7) is 0.619. The van der Waals surface area contributed by atoms with Gasteiger partial charge in [-0.05, 0) is 39.7 Å². The average molecular weight is 397 g/mol. The highest BCUT2D eigenvalue weighted by molar-refractivity contribution is 9.10. The van der Waals surface area contributed by atoms with Crippen LogP contribution in [0, 0.1) is 0 Å². The molecule has 1 N–H and O–H groups in total. The first-order chi connectivity index (χ1) is 12.2. The molecule has 7 nitrogen and oxygen atoms in total. The van der Waals surface area contributed by atoms with Gasteiger partial charge >= 0.3 is 0 Å². The van der Waals surface area contributed by atoms with E-state index < -0.39 is 0 Å². The number of aromatic nitrogens is 5. The van der Waals surface area contributed by atoms with Gasteiger partial charge in [0.2, 0.25) is 0 Å². The summed E-state index contributed by atoms with van der Waals surface area (Å²) in [5, 5.41) is 11.3. The Balaban J connectivity index is 1.51. The van der Waals surface area contributed by atoms with E-state index in [1.165, 1.54) is 0 Å². The summed E-state index contributed by atoms with van der Waals surface area (Å²) in [5.74, 6) is -0.274. The Labute approximate surface area is 151 Å². The molecule has 1 aromatic carbocycles. The number of carbonyl (C=O) groups excluding carboxylic acids is 1. The van der Waals surface area contributed by atoms with Crippen molar-refractivity contribution in [1.29, 1.82) is 0 Å². The van der Waals surface area contributed by atoms with Crippen molar-refractivity contribution in [2.75, 3.05) is 5.32 Å². The maximum Gasteiger partial charge on any atom is 0.276 e. The number of hydrogen-bond acceptors (Lipinski definition) is 4. The molecule has 0 aliphatic carbocycles. The molecule has 3 heterocycles. The molecule has 0 aliphatic rings. The summed E-state index contributed by atoms with van der Waals surface area (Å²) >= 11 is 3.38. The van der Waals surface area contributed by atoms with E-state index in [4.69, 9.17) is 0 Å². The van der Waals surface area contributed by atoms with Gasteiger partial charge in [0.05, 0.1) is 17.2 Å². The van der Waals surface area contributed by atoms with Crippen LogP contribution in [0.5, 0.6) is 0 Å². The van der Waals surface area contributed by atoms with Crippen molar-refractivity contribution < 1.29 is 4.79 Å². The minimum absolute atomic E-state index is 0.274. The van der Waals surface area contributed by atoms with Crippen molar-refractivity contribution >= 4 is 33.2 Å². The zero-order chi connectivity index (χ0) is 17.2. The van der Waals surface area contributed by atoms with Crippen molar-refractivity contribution in [2.45, 2.75) is 6.54 Å². The van der Waals surface area contributed by atoms with Gasteiger partial charge in [0.25, 0.3) is 5.91 Å². The summed E-state index contributed by atoms with van der Waals surface area (Å²) in [4.78, 5) is 16.6. The molecule has 0 radical (unpaired) electrons. The molecule has 8 heteroatoms. The molecule has 0 unspecified atom stereocenters. The van der Waals surface area contributed by atoms with Crippen LogP contribution in [0.4, 0.5) is 5.69 Å². The zero-order valence-electron chi connectivity index (χ0n) is 13.0. The minimum Gasteiger partial charge on any atom is -0.321 e. The molecule has 25 heavy (non-hydrogen) atoms. The Hall–Kier alpha value is -3.00. The average Bonchev–Trinajstić information content (AvgIpc) is 3.21. The number of halogens is 1. The highest BCUT2D eigenvalue weighted by Gasteiger charge is 2.12. The first-order valence-corrected chi connectivity index (χ1v) is 8.35.